The number of ether oxygens (including phenoxy) is 1. The minimum Gasteiger partial charge on any atom is -0.485 e. The Labute approximate surface area is 125 Å². The van der Waals surface area contributed by atoms with E-state index in [0.717, 1.165) is 37.6 Å². The van der Waals surface area contributed by atoms with Gasteiger partial charge in [-0.15, -0.1) is 0 Å². The van der Waals surface area contributed by atoms with Crippen molar-refractivity contribution < 1.29 is 13.2 Å². The number of rotatable bonds is 4. The van der Waals surface area contributed by atoms with Crippen LogP contribution in [-0.2, 0) is 10.0 Å². The second kappa shape index (κ2) is 5.82. The van der Waals surface area contributed by atoms with E-state index in [9.17, 15) is 8.42 Å². The first-order chi connectivity index (χ1) is 10.0. The van der Waals surface area contributed by atoms with Crippen LogP contribution in [0.2, 0.25) is 0 Å². The van der Waals surface area contributed by atoms with E-state index in [1.807, 2.05) is 18.2 Å². The predicted molar refractivity (Wildman–Crippen MR) is 82.4 cm³/mol. The van der Waals surface area contributed by atoms with Crippen molar-refractivity contribution in [2.45, 2.75) is 6.10 Å². The van der Waals surface area contributed by atoms with Gasteiger partial charge < -0.3 is 15.0 Å². The predicted octanol–water partition coefficient (Wildman–Crippen LogP) is 0.119. The molecule has 21 heavy (non-hydrogen) atoms. The highest BCUT2D eigenvalue weighted by Crippen LogP contribution is 2.30. The van der Waals surface area contributed by atoms with Crippen molar-refractivity contribution in [3.05, 3.63) is 24.3 Å². The standard InChI is InChI=1S/C14H21N3O3S/c1-21(18,19)17-10-12(11-17)20-14-5-3-2-4-13(14)16-8-6-15-7-9-16/h2-5,12,15H,6-11H2,1H3. The van der Waals surface area contributed by atoms with Gasteiger partial charge in [-0.1, -0.05) is 12.1 Å². The fraction of sp³-hybridized carbons (Fsp3) is 0.571. The van der Waals surface area contributed by atoms with Crippen LogP contribution in [0.25, 0.3) is 0 Å². The number of sulfonamides is 1. The number of benzene rings is 1. The number of piperazine rings is 1. The quantitative estimate of drug-likeness (QED) is 0.856. The molecular weight excluding hydrogens is 290 g/mol. The Balaban J connectivity index is 1.66. The van der Waals surface area contributed by atoms with Gasteiger partial charge in [-0.3, -0.25) is 0 Å². The first-order valence-corrected chi connectivity index (χ1v) is 9.05. The van der Waals surface area contributed by atoms with Crippen molar-refractivity contribution in [2.75, 3.05) is 50.4 Å². The van der Waals surface area contributed by atoms with E-state index in [1.165, 1.54) is 10.6 Å². The van der Waals surface area contributed by atoms with Crippen molar-refractivity contribution in [2.24, 2.45) is 0 Å². The first-order valence-electron chi connectivity index (χ1n) is 7.20. The highest BCUT2D eigenvalue weighted by molar-refractivity contribution is 7.88. The minimum absolute atomic E-state index is 0.0520. The first kappa shape index (κ1) is 14.6. The molecule has 2 aliphatic heterocycles. The number of nitrogens with one attached hydrogen (secondary N) is 1. The number of anilines is 1. The van der Waals surface area contributed by atoms with Gasteiger partial charge in [0.2, 0.25) is 10.0 Å². The molecule has 2 saturated heterocycles. The largest absolute Gasteiger partial charge is 0.485 e. The Hall–Kier alpha value is -1.31. The van der Waals surface area contributed by atoms with Gasteiger partial charge in [-0.25, -0.2) is 8.42 Å². The summed E-state index contributed by atoms with van der Waals surface area (Å²) >= 11 is 0. The molecule has 1 aromatic carbocycles. The van der Waals surface area contributed by atoms with Crippen molar-refractivity contribution in [1.82, 2.24) is 9.62 Å². The van der Waals surface area contributed by atoms with Gasteiger partial charge in [0.15, 0.2) is 0 Å². The summed E-state index contributed by atoms with van der Waals surface area (Å²) in [5.74, 6) is 0.845. The third-order valence-corrected chi connectivity index (χ3v) is 5.14. The number of hydrogen-bond acceptors (Lipinski definition) is 5. The molecule has 0 unspecified atom stereocenters. The molecule has 1 N–H and O–H groups in total. The van der Waals surface area contributed by atoms with Crippen molar-refractivity contribution in [3.8, 4) is 5.75 Å². The molecule has 3 rings (SSSR count). The van der Waals surface area contributed by atoms with Crippen LogP contribution in [0.4, 0.5) is 5.69 Å². The number of nitrogens with zero attached hydrogens (tertiary/aromatic N) is 2. The topological polar surface area (TPSA) is 61.9 Å². The zero-order valence-electron chi connectivity index (χ0n) is 12.2. The Morgan fingerprint density at radius 2 is 1.86 bits per heavy atom. The summed E-state index contributed by atoms with van der Waals surface area (Å²) in [4.78, 5) is 2.30. The molecule has 0 aliphatic carbocycles. The molecule has 6 nitrogen and oxygen atoms in total. The molecule has 0 amide bonds. The molecule has 0 bridgehead atoms. The fourth-order valence-corrected chi connectivity index (χ4v) is 3.52. The summed E-state index contributed by atoms with van der Waals surface area (Å²) in [5.41, 5.74) is 1.09. The maximum Gasteiger partial charge on any atom is 0.211 e. The van der Waals surface area contributed by atoms with E-state index in [1.54, 1.807) is 0 Å². The second-order valence-electron chi connectivity index (χ2n) is 5.52. The third-order valence-electron chi connectivity index (χ3n) is 3.90. The lowest BCUT2D eigenvalue weighted by Crippen LogP contribution is -2.55. The Bertz CT molecular complexity index is 593. The SMILES string of the molecule is CS(=O)(=O)N1CC(Oc2ccccc2N2CCNCC2)C1. The lowest BCUT2D eigenvalue weighted by Gasteiger charge is -2.38. The van der Waals surface area contributed by atoms with Crippen molar-refractivity contribution in [3.63, 3.8) is 0 Å². The van der Waals surface area contributed by atoms with E-state index in [4.69, 9.17) is 4.74 Å². The van der Waals surface area contributed by atoms with Crippen LogP contribution < -0.4 is 15.0 Å². The summed E-state index contributed by atoms with van der Waals surface area (Å²) in [7, 11) is -3.09. The average molecular weight is 311 g/mol. The van der Waals surface area contributed by atoms with Crippen molar-refractivity contribution >= 4 is 15.7 Å². The molecule has 7 heteroatoms. The van der Waals surface area contributed by atoms with Crippen LogP contribution in [0.3, 0.4) is 0 Å². The van der Waals surface area contributed by atoms with Crippen LogP contribution in [0.15, 0.2) is 24.3 Å². The Morgan fingerprint density at radius 1 is 1.19 bits per heavy atom. The maximum atomic E-state index is 11.4. The molecule has 0 radical (unpaired) electrons. The zero-order chi connectivity index (χ0) is 14.9. The Kier molecular flexibility index (Phi) is 4.05. The van der Waals surface area contributed by atoms with Gasteiger partial charge in [-0.2, -0.15) is 4.31 Å². The molecule has 0 saturated carbocycles. The molecule has 1 aromatic rings. The molecule has 0 atom stereocenters. The van der Waals surface area contributed by atoms with E-state index < -0.39 is 10.0 Å². The lowest BCUT2D eigenvalue weighted by molar-refractivity contribution is 0.0770. The molecule has 0 spiro atoms. The van der Waals surface area contributed by atoms with Gasteiger partial charge >= 0.3 is 0 Å². The van der Waals surface area contributed by atoms with E-state index in [-0.39, 0.29) is 6.10 Å². The summed E-state index contributed by atoms with van der Waals surface area (Å²) in [5, 5.41) is 3.33. The minimum atomic E-state index is -3.09. The molecular formula is C14H21N3O3S. The summed E-state index contributed by atoms with van der Waals surface area (Å²) < 4.78 is 30.2. The maximum absolute atomic E-state index is 11.4. The van der Waals surface area contributed by atoms with Crippen LogP contribution >= 0.6 is 0 Å². The Morgan fingerprint density at radius 3 is 2.52 bits per heavy atom. The van der Waals surface area contributed by atoms with Crippen molar-refractivity contribution in [1.29, 1.82) is 0 Å². The van der Waals surface area contributed by atoms with E-state index in [0.29, 0.717) is 13.1 Å². The summed E-state index contributed by atoms with van der Waals surface area (Å²) in [6, 6.07) is 7.98. The van der Waals surface area contributed by atoms with Crippen LogP contribution in [0, 0.1) is 0 Å². The smallest absolute Gasteiger partial charge is 0.211 e. The van der Waals surface area contributed by atoms with Crippen LogP contribution in [0.1, 0.15) is 0 Å². The molecule has 2 heterocycles. The van der Waals surface area contributed by atoms with Crippen LogP contribution in [-0.4, -0.2) is 64.4 Å². The number of para-hydroxylation sites is 2. The second-order valence-corrected chi connectivity index (χ2v) is 7.51. The summed E-state index contributed by atoms with van der Waals surface area (Å²) in [6.07, 6.45) is 1.18. The lowest BCUT2D eigenvalue weighted by atomic mass is 10.2. The molecule has 116 valence electrons. The third kappa shape index (κ3) is 3.30. The monoisotopic (exact) mass is 311 g/mol. The summed E-state index contributed by atoms with van der Waals surface area (Å²) in [6.45, 7) is 4.74. The molecule has 2 aliphatic rings. The zero-order valence-corrected chi connectivity index (χ0v) is 13.0. The van der Waals surface area contributed by atoms with Gasteiger partial charge in [0.25, 0.3) is 0 Å². The number of hydrogen-bond donors (Lipinski definition) is 1. The fourth-order valence-electron chi connectivity index (χ4n) is 2.65. The molecule has 0 aromatic heterocycles. The van der Waals surface area contributed by atoms with Gasteiger partial charge in [0.05, 0.1) is 25.0 Å². The van der Waals surface area contributed by atoms with Crippen LogP contribution in [0.5, 0.6) is 5.75 Å². The highest BCUT2D eigenvalue weighted by atomic mass is 32.2. The average Bonchev–Trinajstić information content (AvgIpc) is 2.42. The van der Waals surface area contributed by atoms with E-state index in [2.05, 4.69) is 16.3 Å². The van der Waals surface area contributed by atoms with Gasteiger partial charge in [0, 0.05) is 26.2 Å². The van der Waals surface area contributed by atoms with E-state index >= 15 is 0 Å². The highest BCUT2D eigenvalue weighted by Gasteiger charge is 2.35. The van der Waals surface area contributed by atoms with Gasteiger partial charge in [0.1, 0.15) is 11.9 Å². The van der Waals surface area contributed by atoms with Gasteiger partial charge in [-0.05, 0) is 12.1 Å². The normalized spacial score (nSPS) is 21.1. The molecule has 2 fully saturated rings.